The minimum Gasteiger partial charge on any atom is -0.334 e. The van der Waals surface area contributed by atoms with Crippen LogP contribution in [0.2, 0.25) is 0 Å². The average Bonchev–Trinajstić information content (AvgIpc) is 2.45. The first-order chi connectivity index (χ1) is 10.3. The summed E-state index contributed by atoms with van der Waals surface area (Å²) < 4.78 is 22.3. The summed E-state index contributed by atoms with van der Waals surface area (Å²) in [6, 6.07) is 13.1. The lowest BCUT2D eigenvalue weighted by molar-refractivity contribution is 0.251. The number of carbonyl (C=O) groups excluding carboxylic acids is 1. The van der Waals surface area contributed by atoms with Gasteiger partial charge >= 0.3 is 6.03 Å². The minimum atomic E-state index is -3.73. The maximum Gasteiger partial charge on any atom is 0.319 e. The molecular formula is C15H17N3O3S. The maximum atomic E-state index is 11.8. The molecule has 0 saturated carbocycles. The van der Waals surface area contributed by atoms with Gasteiger partial charge in [0, 0.05) is 12.2 Å². The molecule has 0 fully saturated rings. The van der Waals surface area contributed by atoms with Gasteiger partial charge in [-0.25, -0.2) is 18.4 Å². The van der Waals surface area contributed by atoms with Crippen LogP contribution in [0, 0.1) is 6.92 Å². The van der Waals surface area contributed by atoms with Crippen LogP contribution >= 0.6 is 0 Å². The third-order valence-corrected chi connectivity index (χ3v) is 3.91. The largest absolute Gasteiger partial charge is 0.334 e. The molecule has 0 saturated heterocycles. The first-order valence-electron chi connectivity index (χ1n) is 6.58. The molecule has 0 bridgehead atoms. The molecule has 0 aliphatic carbocycles. The van der Waals surface area contributed by atoms with Gasteiger partial charge in [0.15, 0.2) is 0 Å². The lowest BCUT2D eigenvalue weighted by Crippen LogP contribution is -2.28. The van der Waals surface area contributed by atoms with Crippen molar-refractivity contribution < 1.29 is 13.2 Å². The van der Waals surface area contributed by atoms with Crippen LogP contribution in [0.15, 0.2) is 53.4 Å². The van der Waals surface area contributed by atoms with Crippen LogP contribution in [-0.4, -0.2) is 14.4 Å². The van der Waals surface area contributed by atoms with Crippen LogP contribution in [0.5, 0.6) is 0 Å². The Morgan fingerprint density at radius 2 is 1.82 bits per heavy atom. The summed E-state index contributed by atoms with van der Waals surface area (Å²) in [6.45, 7) is 2.39. The van der Waals surface area contributed by atoms with Crippen molar-refractivity contribution >= 4 is 21.7 Å². The van der Waals surface area contributed by atoms with E-state index in [0.717, 1.165) is 11.1 Å². The van der Waals surface area contributed by atoms with Crippen LogP contribution in [0.3, 0.4) is 0 Å². The van der Waals surface area contributed by atoms with Crippen molar-refractivity contribution in [3.05, 3.63) is 59.7 Å². The van der Waals surface area contributed by atoms with Crippen LogP contribution in [0.4, 0.5) is 10.5 Å². The molecule has 0 aliphatic rings. The number of sulfonamides is 1. The number of hydrogen-bond acceptors (Lipinski definition) is 3. The van der Waals surface area contributed by atoms with Gasteiger partial charge in [-0.2, -0.15) is 0 Å². The van der Waals surface area contributed by atoms with Crippen molar-refractivity contribution in [1.82, 2.24) is 5.32 Å². The highest BCUT2D eigenvalue weighted by Gasteiger charge is 2.07. The Labute approximate surface area is 129 Å². The SMILES string of the molecule is Cc1cccc(CNC(=O)Nc2ccc(S(N)(=O)=O)cc2)c1. The molecule has 0 heterocycles. The fraction of sp³-hybridized carbons (Fsp3) is 0.133. The van der Waals surface area contributed by atoms with Crippen molar-refractivity contribution in [3.8, 4) is 0 Å². The van der Waals surface area contributed by atoms with Gasteiger partial charge in [-0.3, -0.25) is 0 Å². The Bertz CT molecular complexity index is 771. The number of primary sulfonamides is 1. The first-order valence-corrected chi connectivity index (χ1v) is 8.12. The summed E-state index contributed by atoms with van der Waals surface area (Å²) in [5.74, 6) is 0. The maximum absolute atomic E-state index is 11.8. The second kappa shape index (κ2) is 6.59. The quantitative estimate of drug-likeness (QED) is 0.803. The third kappa shape index (κ3) is 4.57. The number of rotatable bonds is 4. The number of carbonyl (C=O) groups is 1. The van der Waals surface area contributed by atoms with Crippen LogP contribution in [0.1, 0.15) is 11.1 Å². The predicted molar refractivity (Wildman–Crippen MR) is 84.9 cm³/mol. The van der Waals surface area contributed by atoms with Gasteiger partial charge in [0.05, 0.1) is 4.90 Å². The molecule has 116 valence electrons. The molecule has 2 aromatic rings. The van der Waals surface area contributed by atoms with E-state index < -0.39 is 10.0 Å². The summed E-state index contributed by atoms with van der Waals surface area (Å²) in [4.78, 5) is 11.8. The number of anilines is 1. The van der Waals surface area contributed by atoms with E-state index >= 15 is 0 Å². The van der Waals surface area contributed by atoms with E-state index in [1.54, 1.807) is 0 Å². The number of nitrogens with two attached hydrogens (primary N) is 1. The van der Waals surface area contributed by atoms with E-state index in [1.165, 1.54) is 24.3 Å². The number of urea groups is 1. The van der Waals surface area contributed by atoms with Crippen molar-refractivity contribution in [2.75, 3.05) is 5.32 Å². The van der Waals surface area contributed by atoms with Gasteiger partial charge in [0.1, 0.15) is 0 Å². The molecule has 0 aliphatic heterocycles. The Hall–Kier alpha value is -2.38. The summed E-state index contributed by atoms with van der Waals surface area (Å²) >= 11 is 0. The number of nitrogens with one attached hydrogen (secondary N) is 2. The highest BCUT2D eigenvalue weighted by Crippen LogP contribution is 2.12. The van der Waals surface area contributed by atoms with Crippen molar-refractivity contribution in [2.45, 2.75) is 18.4 Å². The Morgan fingerprint density at radius 1 is 1.14 bits per heavy atom. The normalized spacial score (nSPS) is 11.0. The smallest absolute Gasteiger partial charge is 0.319 e. The fourth-order valence-electron chi connectivity index (χ4n) is 1.91. The number of aryl methyl sites for hydroxylation is 1. The summed E-state index contributed by atoms with van der Waals surface area (Å²) in [5, 5.41) is 10.4. The average molecular weight is 319 g/mol. The molecule has 0 unspecified atom stereocenters. The zero-order chi connectivity index (χ0) is 16.2. The monoisotopic (exact) mass is 319 g/mol. The zero-order valence-electron chi connectivity index (χ0n) is 12.0. The first kappa shape index (κ1) is 16.0. The van der Waals surface area contributed by atoms with E-state index in [4.69, 9.17) is 5.14 Å². The van der Waals surface area contributed by atoms with E-state index in [2.05, 4.69) is 10.6 Å². The lowest BCUT2D eigenvalue weighted by atomic mass is 10.1. The van der Waals surface area contributed by atoms with Gasteiger partial charge in [0.25, 0.3) is 0 Å². The molecule has 0 radical (unpaired) electrons. The molecule has 2 amide bonds. The van der Waals surface area contributed by atoms with Crippen molar-refractivity contribution in [2.24, 2.45) is 5.14 Å². The molecule has 0 spiro atoms. The minimum absolute atomic E-state index is 0.00165. The molecule has 2 aromatic carbocycles. The van der Waals surface area contributed by atoms with Crippen molar-refractivity contribution in [3.63, 3.8) is 0 Å². The molecule has 4 N–H and O–H groups in total. The predicted octanol–water partition coefficient (Wildman–Crippen LogP) is 1.96. The second-order valence-corrected chi connectivity index (χ2v) is 6.43. The molecule has 22 heavy (non-hydrogen) atoms. The van der Waals surface area contributed by atoms with Gasteiger partial charge < -0.3 is 10.6 Å². The van der Waals surface area contributed by atoms with Gasteiger partial charge in [-0.15, -0.1) is 0 Å². The van der Waals surface area contributed by atoms with E-state index in [1.807, 2.05) is 31.2 Å². The van der Waals surface area contributed by atoms with Crippen molar-refractivity contribution in [1.29, 1.82) is 0 Å². The highest BCUT2D eigenvalue weighted by molar-refractivity contribution is 7.89. The second-order valence-electron chi connectivity index (χ2n) is 4.87. The Morgan fingerprint density at radius 3 is 2.41 bits per heavy atom. The topological polar surface area (TPSA) is 101 Å². The summed E-state index contributed by atoms with van der Waals surface area (Å²) in [7, 11) is -3.73. The third-order valence-electron chi connectivity index (χ3n) is 2.98. The van der Waals surface area contributed by atoms with Gasteiger partial charge in [0.2, 0.25) is 10.0 Å². The number of hydrogen-bond donors (Lipinski definition) is 3. The Balaban J connectivity index is 1.92. The summed E-state index contributed by atoms with van der Waals surface area (Å²) in [6.07, 6.45) is 0. The van der Waals surface area contributed by atoms with Gasteiger partial charge in [-0.1, -0.05) is 29.8 Å². The van der Waals surface area contributed by atoms with E-state index in [0.29, 0.717) is 12.2 Å². The highest BCUT2D eigenvalue weighted by atomic mass is 32.2. The fourth-order valence-corrected chi connectivity index (χ4v) is 2.42. The number of benzene rings is 2. The van der Waals surface area contributed by atoms with E-state index in [-0.39, 0.29) is 10.9 Å². The molecule has 0 aromatic heterocycles. The number of amides is 2. The van der Waals surface area contributed by atoms with Crippen LogP contribution in [0.25, 0.3) is 0 Å². The molecular weight excluding hydrogens is 302 g/mol. The lowest BCUT2D eigenvalue weighted by Gasteiger charge is -2.08. The Kier molecular flexibility index (Phi) is 4.79. The molecule has 6 nitrogen and oxygen atoms in total. The van der Waals surface area contributed by atoms with Gasteiger partial charge in [-0.05, 0) is 36.8 Å². The van der Waals surface area contributed by atoms with Crippen LogP contribution < -0.4 is 15.8 Å². The standard InChI is InChI=1S/C15H17N3O3S/c1-11-3-2-4-12(9-11)10-17-15(19)18-13-5-7-14(8-6-13)22(16,20)21/h2-9H,10H2,1H3,(H2,16,20,21)(H2,17,18,19). The molecule has 7 heteroatoms. The summed E-state index contributed by atoms with van der Waals surface area (Å²) in [5.41, 5.74) is 2.60. The molecule has 2 rings (SSSR count). The zero-order valence-corrected chi connectivity index (χ0v) is 12.9. The van der Waals surface area contributed by atoms with E-state index in [9.17, 15) is 13.2 Å². The molecule has 0 atom stereocenters. The van der Waals surface area contributed by atoms with Crippen LogP contribution in [-0.2, 0) is 16.6 Å².